The summed E-state index contributed by atoms with van der Waals surface area (Å²) in [5.41, 5.74) is 0.875. The Morgan fingerprint density at radius 3 is 2.04 bits per heavy atom. The van der Waals surface area contributed by atoms with Crippen LogP contribution >= 0.6 is 0 Å². The van der Waals surface area contributed by atoms with Crippen molar-refractivity contribution in [3.63, 3.8) is 0 Å². The Hall–Kier alpha value is -2.68. The Kier molecular flexibility index (Phi) is 6.14. The number of halogens is 2. The molecule has 140 valence electrons. The molecule has 2 aromatic carbocycles. The highest BCUT2D eigenvalue weighted by Gasteiger charge is 2.26. The summed E-state index contributed by atoms with van der Waals surface area (Å²) in [7, 11) is -1.67. The number of ether oxygens (including phenoxy) is 2. The number of sulfone groups is 1. The number of carbonyl (C=O) groups excluding carboxylic acids is 1. The second-order valence-electron chi connectivity index (χ2n) is 5.23. The van der Waals surface area contributed by atoms with Gasteiger partial charge in [-0.3, -0.25) is 4.79 Å². The van der Waals surface area contributed by atoms with Gasteiger partial charge in [-0.25, -0.2) is 8.42 Å². The van der Waals surface area contributed by atoms with E-state index in [1.54, 1.807) is 18.2 Å². The molecule has 9 heteroatoms. The minimum absolute atomic E-state index is 0.146. The monoisotopic (exact) mass is 385 g/mol. The molecule has 0 atom stereocenters. The zero-order chi connectivity index (χ0) is 19.3. The number of rotatable bonds is 7. The van der Waals surface area contributed by atoms with Gasteiger partial charge >= 0.3 is 5.76 Å². The summed E-state index contributed by atoms with van der Waals surface area (Å²) in [6, 6.07) is 9.44. The Bertz CT molecular complexity index is 860. The number of alkyl halides is 2. The number of hydrogen-bond donors (Lipinski definition) is 1. The molecule has 0 saturated carbocycles. The summed E-state index contributed by atoms with van der Waals surface area (Å²) in [6.45, 7) is 0.170. The summed E-state index contributed by atoms with van der Waals surface area (Å²) in [6.07, 6.45) is 0. The van der Waals surface area contributed by atoms with Crippen LogP contribution in [-0.4, -0.2) is 34.3 Å². The maximum Gasteiger partial charge on any atom is 0.341 e. The van der Waals surface area contributed by atoms with Gasteiger partial charge in [0, 0.05) is 18.2 Å². The predicted molar refractivity (Wildman–Crippen MR) is 90.3 cm³/mol. The molecule has 0 saturated heterocycles. The van der Waals surface area contributed by atoms with Crippen molar-refractivity contribution in [2.45, 2.75) is 17.2 Å². The lowest BCUT2D eigenvalue weighted by Crippen LogP contribution is -2.23. The number of carbonyl (C=O) groups is 1. The van der Waals surface area contributed by atoms with Crippen LogP contribution in [0.3, 0.4) is 0 Å². The highest BCUT2D eigenvalue weighted by molar-refractivity contribution is 7.91. The molecule has 0 heterocycles. The minimum atomic E-state index is -4.68. The molecule has 0 bridgehead atoms. The zero-order valence-electron chi connectivity index (χ0n) is 14.0. The first-order valence-electron chi connectivity index (χ1n) is 7.40. The van der Waals surface area contributed by atoms with Gasteiger partial charge in [0.2, 0.25) is 9.84 Å². The van der Waals surface area contributed by atoms with Crippen molar-refractivity contribution in [2.75, 3.05) is 14.2 Å². The van der Waals surface area contributed by atoms with E-state index in [2.05, 4.69) is 5.32 Å². The van der Waals surface area contributed by atoms with Crippen LogP contribution in [0.15, 0.2) is 47.4 Å². The standard InChI is InChI=1S/C17H17F2NO5S/c1-24-13-7-11(8-14(9-13)25-2)10-20-16(21)12-3-5-15(6-4-12)26(22,23)17(18)19/h3-9,17H,10H2,1-2H3,(H,20,21). The van der Waals surface area contributed by atoms with E-state index in [9.17, 15) is 22.0 Å². The molecule has 1 amide bonds. The highest BCUT2D eigenvalue weighted by atomic mass is 32.2. The number of amides is 1. The lowest BCUT2D eigenvalue weighted by atomic mass is 10.1. The summed E-state index contributed by atoms with van der Waals surface area (Å²) >= 11 is 0. The van der Waals surface area contributed by atoms with E-state index in [0.717, 1.165) is 17.7 Å². The number of methoxy groups -OCH3 is 2. The van der Waals surface area contributed by atoms with Crippen LogP contribution in [0.25, 0.3) is 0 Å². The third-order valence-corrected chi connectivity index (χ3v) is 4.94. The first-order valence-corrected chi connectivity index (χ1v) is 8.95. The van der Waals surface area contributed by atoms with Crippen molar-refractivity contribution < 1.29 is 31.5 Å². The second kappa shape index (κ2) is 8.13. The third kappa shape index (κ3) is 4.48. The van der Waals surface area contributed by atoms with E-state index in [1.165, 1.54) is 26.4 Å². The molecule has 0 radical (unpaired) electrons. The first-order chi connectivity index (χ1) is 12.3. The lowest BCUT2D eigenvalue weighted by molar-refractivity contribution is 0.0950. The molecule has 0 aromatic heterocycles. The Morgan fingerprint density at radius 2 is 1.58 bits per heavy atom. The van der Waals surface area contributed by atoms with E-state index in [1.807, 2.05) is 0 Å². The number of benzene rings is 2. The van der Waals surface area contributed by atoms with Gasteiger partial charge in [0.1, 0.15) is 11.5 Å². The van der Waals surface area contributed by atoms with Crippen molar-refractivity contribution in [1.82, 2.24) is 5.32 Å². The van der Waals surface area contributed by atoms with Gasteiger partial charge in [-0.2, -0.15) is 8.78 Å². The molecule has 1 N–H and O–H groups in total. The molecule has 26 heavy (non-hydrogen) atoms. The van der Waals surface area contributed by atoms with Crippen LogP contribution in [0.1, 0.15) is 15.9 Å². The highest BCUT2D eigenvalue weighted by Crippen LogP contribution is 2.22. The molecule has 6 nitrogen and oxygen atoms in total. The van der Waals surface area contributed by atoms with Crippen molar-refractivity contribution in [2.24, 2.45) is 0 Å². The summed E-state index contributed by atoms with van der Waals surface area (Å²) in [4.78, 5) is 11.6. The molecule has 2 rings (SSSR count). The molecule has 0 aliphatic rings. The summed E-state index contributed by atoms with van der Waals surface area (Å²) in [5.74, 6) is -2.86. The van der Waals surface area contributed by atoms with Crippen LogP contribution in [-0.2, 0) is 16.4 Å². The van der Waals surface area contributed by atoms with Gasteiger partial charge in [0.25, 0.3) is 5.91 Å². The first kappa shape index (κ1) is 19.6. The summed E-state index contributed by atoms with van der Waals surface area (Å²) < 4.78 is 58.0. The van der Waals surface area contributed by atoms with Crippen LogP contribution in [0, 0.1) is 0 Å². The quantitative estimate of drug-likeness (QED) is 0.792. The van der Waals surface area contributed by atoms with E-state index in [0.29, 0.717) is 11.5 Å². The maximum absolute atomic E-state index is 12.5. The topological polar surface area (TPSA) is 81.7 Å². The largest absolute Gasteiger partial charge is 0.497 e. The van der Waals surface area contributed by atoms with Crippen LogP contribution in [0.5, 0.6) is 11.5 Å². The van der Waals surface area contributed by atoms with E-state index >= 15 is 0 Å². The number of hydrogen-bond acceptors (Lipinski definition) is 5. The fourth-order valence-corrected chi connectivity index (χ4v) is 2.87. The molecular formula is C17H17F2NO5S. The maximum atomic E-state index is 12.5. The molecule has 2 aromatic rings. The molecule has 0 aliphatic carbocycles. The van der Waals surface area contributed by atoms with Gasteiger partial charge in [-0.1, -0.05) is 0 Å². The molecule has 0 spiro atoms. The van der Waals surface area contributed by atoms with Crippen molar-refractivity contribution in [3.05, 3.63) is 53.6 Å². The van der Waals surface area contributed by atoms with E-state index < -0.39 is 26.4 Å². The summed E-state index contributed by atoms with van der Waals surface area (Å²) in [5, 5.41) is 2.65. The van der Waals surface area contributed by atoms with Gasteiger partial charge in [-0.15, -0.1) is 0 Å². The zero-order valence-corrected chi connectivity index (χ0v) is 14.8. The van der Waals surface area contributed by atoms with Crippen LogP contribution < -0.4 is 14.8 Å². The number of nitrogens with one attached hydrogen (secondary N) is 1. The van der Waals surface area contributed by atoms with Crippen molar-refractivity contribution in [1.29, 1.82) is 0 Å². The Labute approximate surface area is 149 Å². The van der Waals surface area contributed by atoms with Gasteiger partial charge < -0.3 is 14.8 Å². The lowest BCUT2D eigenvalue weighted by Gasteiger charge is -2.10. The predicted octanol–water partition coefficient (Wildman–Crippen LogP) is 2.63. The molecule has 0 unspecified atom stereocenters. The van der Waals surface area contributed by atoms with Crippen LogP contribution in [0.2, 0.25) is 0 Å². The van der Waals surface area contributed by atoms with Gasteiger partial charge in [-0.05, 0) is 42.0 Å². The average Bonchev–Trinajstić information content (AvgIpc) is 2.65. The smallest absolute Gasteiger partial charge is 0.341 e. The fourth-order valence-electron chi connectivity index (χ4n) is 2.15. The van der Waals surface area contributed by atoms with Crippen LogP contribution in [0.4, 0.5) is 8.78 Å². The van der Waals surface area contributed by atoms with Gasteiger partial charge in [0.15, 0.2) is 0 Å². The molecule has 0 aliphatic heterocycles. The van der Waals surface area contributed by atoms with Crippen molar-refractivity contribution >= 4 is 15.7 Å². The molecule has 0 fully saturated rings. The molecular weight excluding hydrogens is 368 g/mol. The van der Waals surface area contributed by atoms with E-state index in [4.69, 9.17) is 9.47 Å². The normalized spacial score (nSPS) is 11.3. The fraction of sp³-hybridized carbons (Fsp3) is 0.235. The van der Waals surface area contributed by atoms with Crippen molar-refractivity contribution in [3.8, 4) is 11.5 Å². The van der Waals surface area contributed by atoms with E-state index in [-0.39, 0.29) is 12.1 Å². The Morgan fingerprint density at radius 1 is 1.04 bits per heavy atom. The minimum Gasteiger partial charge on any atom is -0.497 e. The third-order valence-electron chi connectivity index (χ3n) is 3.54. The second-order valence-corrected chi connectivity index (χ2v) is 7.15. The van der Waals surface area contributed by atoms with Gasteiger partial charge in [0.05, 0.1) is 19.1 Å². The Balaban J connectivity index is 2.09. The SMILES string of the molecule is COc1cc(CNC(=O)c2ccc(S(=O)(=O)C(F)F)cc2)cc(OC)c1. The average molecular weight is 385 g/mol.